The Morgan fingerprint density at radius 1 is 0.939 bits per heavy atom. The first-order valence-electron chi connectivity index (χ1n) is 10.5. The van der Waals surface area contributed by atoms with Gasteiger partial charge < -0.3 is 0 Å². The molecule has 2 aromatic carbocycles. The van der Waals surface area contributed by atoms with Crippen molar-refractivity contribution in [3.05, 3.63) is 102 Å². The Bertz CT molecular complexity index is 1340. The van der Waals surface area contributed by atoms with Crippen molar-refractivity contribution in [2.75, 3.05) is 6.26 Å². The van der Waals surface area contributed by atoms with Crippen molar-refractivity contribution >= 4 is 9.84 Å². The predicted octanol–water partition coefficient (Wildman–Crippen LogP) is 4.41. The maximum absolute atomic E-state index is 13.3. The van der Waals surface area contributed by atoms with Gasteiger partial charge in [0.05, 0.1) is 22.0 Å². The number of rotatable bonds is 7. The van der Waals surface area contributed by atoms with Crippen LogP contribution in [0.4, 0.5) is 4.39 Å². The van der Waals surface area contributed by atoms with Gasteiger partial charge in [0.1, 0.15) is 11.6 Å². The van der Waals surface area contributed by atoms with Gasteiger partial charge in [-0.1, -0.05) is 31.2 Å². The molecule has 4 aromatic rings. The molecule has 0 saturated heterocycles. The molecule has 0 spiro atoms. The van der Waals surface area contributed by atoms with Gasteiger partial charge in [0.15, 0.2) is 9.84 Å². The molecule has 0 bridgehead atoms. The quantitative estimate of drug-likeness (QED) is 0.404. The van der Waals surface area contributed by atoms with Crippen molar-refractivity contribution < 1.29 is 12.8 Å². The minimum absolute atomic E-state index is 0.0813. The molecule has 2 aromatic heterocycles. The van der Waals surface area contributed by atoms with Crippen LogP contribution in [0.5, 0.6) is 0 Å². The van der Waals surface area contributed by atoms with E-state index < -0.39 is 9.84 Å². The highest BCUT2D eigenvalue weighted by molar-refractivity contribution is 7.90. The third-order valence-corrected chi connectivity index (χ3v) is 6.44. The molecule has 0 saturated carbocycles. The molecule has 0 amide bonds. The second-order valence-electron chi connectivity index (χ2n) is 7.99. The number of aromatic nitrogens is 4. The van der Waals surface area contributed by atoms with Crippen molar-refractivity contribution in [3.8, 4) is 11.3 Å². The molecule has 0 radical (unpaired) electrons. The SMILES string of the molecule is C[C@H](Cc1nc(Cc2cnccn2)cc(-c2ccc(S(C)(=O)=O)cc2)n1)c1ccc(F)cc1. The van der Waals surface area contributed by atoms with Crippen molar-refractivity contribution in [1.82, 2.24) is 19.9 Å². The Kier molecular flexibility index (Phi) is 6.55. The molecule has 33 heavy (non-hydrogen) atoms. The third kappa shape index (κ3) is 5.84. The fourth-order valence-electron chi connectivity index (χ4n) is 3.54. The zero-order valence-electron chi connectivity index (χ0n) is 18.3. The smallest absolute Gasteiger partial charge is 0.175 e. The van der Waals surface area contributed by atoms with E-state index in [-0.39, 0.29) is 16.6 Å². The van der Waals surface area contributed by atoms with Gasteiger partial charge in [-0.2, -0.15) is 0 Å². The van der Waals surface area contributed by atoms with Gasteiger partial charge in [0.25, 0.3) is 0 Å². The molecule has 168 valence electrons. The average molecular weight is 463 g/mol. The van der Waals surface area contributed by atoms with Crippen molar-refractivity contribution in [2.24, 2.45) is 0 Å². The monoisotopic (exact) mass is 462 g/mol. The Morgan fingerprint density at radius 3 is 2.30 bits per heavy atom. The van der Waals surface area contributed by atoms with E-state index >= 15 is 0 Å². The lowest BCUT2D eigenvalue weighted by atomic mass is 9.97. The Labute approximate surface area is 192 Å². The topological polar surface area (TPSA) is 85.7 Å². The van der Waals surface area contributed by atoms with Crippen LogP contribution in [0, 0.1) is 5.82 Å². The summed E-state index contributed by atoms with van der Waals surface area (Å²) in [6.07, 6.45) is 7.19. The Balaban J connectivity index is 1.69. The van der Waals surface area contributed by atoms with Crippen LogP contribution in [0.1, 0.15) is 35.6 Å². The highest BCUT2D eigenvalue weighted by Crippen LogP contribution is 2.24. The van der Waals surface area contributed by atoms with Crippen LogP contribution in [0.25, 0.3) is 11.3 Å². The third-order valence-electron chi connectivity index (χ3n) is 5.31. The lowest BCUT2D eigenvalue weighted by Gasteiger charge is -2.13. The number of hydrogen-bond acceptors (Lipinski definition) is 6. The fourth-order valence-corrected chi connectivity index (χ4v) is 4.18. The summed E-state index contributed by atoms with van der Waals surface area (Å²) in [5, 5.41) is 0. The number of hydrogen-bond donors (Lipinski definition) is 0. The van der Waals surface area contributed by atoms with Crippen LogP contribution in [-0.4, -0.2) is 34.6 Å². The Morgan fingerprint density at radius 2 is 1.67 bits per heavy atom. The van der Waals surface area contributed by atoms with Crippen molar-refractivity contribution in [2.45, 2.75) is 30.6 Å². The van der Waals surface area contributed by atoms with Gasteiger partial charge in [-0.05, 0) is 41.8 Å². The first-order valence-corrected chi connectivity index (χ1v) is 12.3. The molecule has 2 heterocycles. The van der Waals surface area contributed by atoms with E-state index in [0.29, 0.717) is 24.4 Å². The zero-order valence-corrected chi connectivity index (χ0v) is 19.1. The minimum atomic E-state index is -3.28. The second kappa shape index (κ2) is 9.54. The lowest BCUT2D eigenvalue weighted by molar-refractivity contribution is 0.602. The minimum Gasteiger partial charge on any atom is -0.261 e. The van der Waals surface area contributed by atoms with Crippen LogP contribution in [0.2, 0.25) is 0 Å². The van der Waals surface area contributed by atoms with Gasteiger partial charge in [-0.25, -0.2) is 22.8 Å². The van der Waals surface area contributed by atoms with E-state index in [9.17, 15) is 12.8 Å². The molecule has 6 nitrogen and oxygen atoms in total. The van der Waals surface area contributed by atoms with Crippen LogP contribution in [0.15, 0.2) is 78.1 Å². The summed E-state index contributed by atoms with van der Waals surface area (Å²) in [6, 6.07) is 15.0. The molecule has 0 N–H and O–H groups in total. The highest BCUT2D eigenvalue weighted by atomic mass is 32.2. The van der Waals surface area contributed by atoms with Crippen LogP contribution < -0.4 is 0 Å². The van der Waals surface area contributed by atoms with Gasteiger partial charge in [0.2, 0.25) is 0 Å². The van der Waals surface area contributed by atoms with E-state index in [2.05, 4.69) is 9.97 Å². The van der Waals surface area contributed by atoms with E-state index in [1.54, 1.807) is 55.0 Å². The van der Waals surface area contributed by atoms with Gasteiger partial charge in [-0.3, -0.25) is 9.97 Å². The van der Waals surface area contributed by atoms with Gasteiger partial charge in [-0.15, -0.1) is 0 Å². The summed E-state index contributed by atoms with van der Waals surface area (Å²) in [7, 11) is -3.28. The summed E-state index contributed by atoms with van der Waals surface area (Å²) >= 11 is 0. The number of halogens is 1. The number of nitrogens with zero attached hydrogens (tertiary/aromatic N) is 4. The zero-order chi connectivity index (χ0) is 23.4. The van der Waals surface area contributed by atoms with Gasteiger partial charge in [0, 0.05) is 43.3 Å². The standard InChI is InChI=1S/C25H23FN4O2S/c1-17(18-3-7-20(26)8-4-18)13-25-29-21(14-22-16-27-11-12-28-22)15-24(30-25)19-5-9-23(10-6-19)33(2,31)32/h3-12,15-17H,13-14H2,1-2H3/t17-/m1/s1. The second-order valence-corrected chi connectivity index (χ2v) is 10.0. The number of benzene rings is 2. The summed E-state index contributed by atoms with van der Waals surface area (Å²) in [5.74, 6) is 0.459. The highest BCUT2D eigenvalue weighted by Gasteiger charge is 2.14. The maximum Gasteiger partial charge on any atom is 0.175 e. The van der Waals surface area contributed by atoms with Crippen LogP contribution in [0.3, 0.4) is 0 Å². The average Bonchev–Trinajstić information content (AvgIpc) is 2.79. The fraction of sp³-hybridized carbons (Fsp3) is 0.200. The van der Waals surface area contributed by atoms with Crippen LogP contribution in [-0.2, 0) is 22.7 Å². The molecule has 0 fully saturated rings. The normalized spacial score (nSPS) is 12.5. The predicted molar refractivity (Wildman–Crippen MR) is 124 cm³/mol. The first-order chi connectivity index (χ1) is 15.8. The van der Waals surface area contributed by atoms with E-state index in [4.69, 9.17) is 9.97 Å². The van der Waals surface area contributed by atoms with Crippen molar-refractivity contribution in [1.29, 1.82) is 0 Å². The lowest BCUT2D eigenvalue weighted by Crippen LogP contribution is -2.07. The molecule has 0 aliphatic heterocycles. The van der Waals surface area contributed by atoms with Crippen LogP contribution >= 0.6 is 0 Å². The largest absolute Gasteiger partial charge is 0.261 e. The molecular weight excluding hydrogens is 439 g/mol. The summed E-state index contributed by atoms with van der Waals surface area (Å²) < 4.78 is 36.9. The van der Waals surface area contributed by atoms with Crippen molar-refractivity contribution in [3.63, 3.8) is 0 Å². The van der Waals surface area contributed by atoms with E-state index in [0.717, 1.165) is 22.5 Å². The molecule has 4 rings (SSSR count). The molecule has 0 unspecified atom stereocenters. The molecule has 8 heteroatoms. The summed E-state index contributed by atoms with van der Waals surface area (Å²) in [4.78, 5) is 18.2. The molecule has 0 aliphatic rings. The molecule has 0 aliphatic carbocycles. The van der Waals surface area contributed by atoms with E-state index in [1.165, 1.54) is 18.4 Å². The van der Waals surface area contributed by atoms with E-state index in [1.807, 2.05) is 13.0 Å². The Hall–Kier alpha value is -3.52. The first kappa shape index (κ1) is 22.7. The molecule has 1 atom stereocenters. The molecular formula is C25H23FN4O2S. The maximum atomic E-state index is 13.3. The summed E-state index contributed by atoms with van der Waals surface area (Å²) in [6.45, 7) is 2.05. The van der Waals surface area contributed by atoms with Gasteiger partial charge >= 0.3 is 0 Å². The number of sulfone groups is 1. The summed E-state index contributed by atoms with van der Waals surface area (Å²) in [5.41, 5.74) is 4.06.